The average molecular weight is 615 g/mol. The number of aryl methyl sites for hydroxylation is 1. The molecule has 0 fully saturated rings. The van der Waals surface area contributed by atoms with Gasteiger partial charge < -0.3 is 0 Å². The zero-order valence-electron chi connectivity index (χ0n) is 26.0. The van der Waals surface area contributed by atoms with Gasteiger partial charge in [0.15, 0.2) is 0 Å². The molecule has 45 heavy (non-hydrogen) atoms. The SMILES string of the molecule is Cc1cc(P(c2ccccc2)c2ccccc2)c(-c2c(P(c3ccccc3)c3ccccc3)ccc3ccccc23)c(C)c1C. The first-order valence-electron chi connectivity index (χ1n) is 15.5. The maximum atomic E-state index is 2.50. The Morgan fingerprint density at radius 2 is 0.778 bits per heavy atom. The van der Waals surface area contributed by atoms with Crippen LogP contribution in [0.5, 0.6) is 0 Å². The van der Waals surface area contributed by atoms with Crippen molar-refractivity contribution in [3.8, 4) is 11.1 Å². The fraction of sp³-hybridized carbons (Fsp3) is 0.0698. The second kappa shape index (κ2) is 12.9. The molecule has 2 heteroatoms. The third kappa shape index (κ3) is 5.66. The maximum Gasteiger partial charge on any atom is -0.00123 e. The van der Waals surface area contributed by atoms with Gasteiger partial charge in [0.05, 0.1) is 0 Å². The van der Waals surface area contributed by atoms with E-state index in [1.54, 1.807) is 0 Å². The molecule has 0 N–H and O–H groups in total. The molecule has 0 heterocycles. The standard InChI is InChI=1S/C43H36P2/c1-31-30-41(45(37-23-12-6-13-24-37)38-25-14-7-15-26-38)42(33(3)32(31)2)43-39-27-17-16-18-34(39)28-29-40(43)44(35-19-8-4-9-20-35)36-21-10-5-11-22-36/h4-30H,1-3H3. The first-order chi connectivity index (χ1) is 22.1. The molecule has 218 valence electrons. The lowest BCUT2D eigenvalue weighted by Crippen LogP contribution is -2.27. The summed E-state index contributed by atoms with van der Waals surface area (Å²) in [4.78, 5) is 0. The highest BCUT2D eigenvalue weighted by Crippen LogP contribution is 2.45. The summed E-state index contributed by atoms with van der Waals surface area (Å²) in [6, 6.07) is 60.8. The maximum absolute atomic E-state index is 2.50. The van der Waals surface area contributed by atoms with Gasteiger partial charge in [-0.2, -0.15) is 0 Å². The summed E-state index contributed by atoms with van der Waals surface area (Å²) in [5, 5.41) is 10.9. The van der Waals surface area contributed by atoms with E-state index in [1.165, 1.54) is 70.4 Å². The number of hydrogen-bond donors (Lipinski definition) is 0. The Morgan fingerprint density at radius 1 is 0.356 bits per heavy atom. The van der Waals surface area contributed by atoms with Crippen LogP contribution < -0.4 is 31.8 Å². The van der Waals surface area contributed by atoms with Crippen LogP contribution in [0.15, 0.2) is 164 Å². The van der Waals surface area contributed by atoms with E-state index in [9.17, 15) is 0 Å². The summed E-state index contributed by atoms with van der Waals surface area (Å²) in [5.74, 6) is 0. The summed E-state index contributed by atoms with van der Waals surface area (Å²) in [7, 11) is -1.65. The molecule has 0 aromatic heterocycles. The van der Waals surface area contributed by atoms with E-state index in [-0.39, 0.29) is 0 Å². The molecule has 0 bridgehead atoms. The van der Waals surface area contributed by atoms with Crippen LogP contribution in [0, 0.1) is 20.8 Å². The molecule has 0 aliphatic heterocycles. The second-order valence-corrected chi connectivity index (χ2v) is 15.9. The Morgan fingerprint density at radius 3 is 1.27 bits per heavy atom. The lowest BCUT2D eigenvalue weighted by Gasteiger charge is -2.29. The Kier molecular flexibility index (Phi) is 8.45. The molecule has 0 saturated carbocycles. The lowest BCUT2D eigenvalue weighted by atomic mass is 9.91. The third-order valence-corrected chi connectivity index (χ3v) is 13.8. The number of fused-ring (bicyclic) bond motifs is 1. The summed E-state index contributed by atoms with van der Waals surface area (Å²) in [6.07, 6.45) is 0. The van der Waals surface area contributed by atoms with Gasteiger partial charge in [0.25, 0.3) is 0 Å². The Bertz CT molecular complexity index is 1990. The van der Waals surface area contributed by atoms with Gasteiger partial charge in [-0.25, -0.2) is 0 Å². The van der Waals surface area contributed by atoms with Gasteiger partial charge in [-0.15, -0.1) is 0 Å². The molecule has 0 radical (unpaired) electrons. The first-order valence-corrected chi connectivity index (χ1v) is 18.2. The molecular weight excluding hydrogens is 578 g/mol. The molecule has 0 saturated heterocycles. The molecule has 0 aliphatic carbocycles. The predicted octanol–water partition coefficient (Wildman–Crippen LogP) is 8.95. The van der Waals surface area contributed by atoms with Crippen molar-refractivity contribution in [2.24, 2.45) is 0 Å². The van der Waals surface area contributed by atoms with Crippen molar-refractivity contribution in [2.75, 3.05) is 0 Å². The Labute approximate surface area is 269 Å². The highest BCUT2D eigenvalue weighted by Gasteiger charge is 2.28. The van der Waals surface area contributed by atoms with Gasteiger partial charge >= 0.3 is 0 Å². The van der Waals surface area contributed by atoms with E-state index < -0.39 is 15.8 Å². The molecule has 0 nitrogen and oxygen atoms in total. The zero-order chi connectivity index (χ0) is 30.8. The summed E-state index contributed by atoms with van der Waals surface area (Å²) >= 11 is 0. The largest absolute Gasteiger partial charge is 0.0622 e. The van der Waals surface area contributed by atoms with Crippen LogP contribution in [-0.4, -0.2) is 0 Å². The van der Waals surface area contributed by atoms with E-state index in [1.807, 2.05) is 0 Å². The predicted molar refractivity (Wildman–Crippen MR) is 201 cm³/mol. The second-order valence-electron chi connectivity index (χ2n) is 11.5. The minimum Gasteiger partial charge on any atom is -0.0622 e. The van der Waals surface area contributed by atoms with Crippen LogP contribution in [0.3, 0.4) is 0 Å². The normalized spacial score (nSPS) is 11.4. The van der Waals surface area contributed by atoms with Crippen LogP contribution in [0.1, 0.15) is 16.7 Å². The molecule has 7 rings (SSSR count). The van der Waals surface area contributed by atoms with E-state index in [4.69, 9.17) is 0 Å². The van der Waals surface area contributed by atoms with Crippen molar-refractivity contribution in [2.45, 2.75) is 20.8 Å². The van der Waals surface area contributed by atoms with Gasteiger partial charge in [-0.3, -0.25) is 0 Å². The van der Waals surface area contributed by atoms with Crippen molar-refractivity contribution in [1.29, 1.82) is 0 Å². The molecule has 0 amide bonds. The minimum absolute atomic E-state index is 0.824. The van der Waals surface area contributed by atoms with Crippen molar-refractivity contribution in [3.63, 3.8) is 0 Å². The lowest BCUT2D eigenvalue weighted by molar-refractivity contribution is 1.28. The molecule has 0 spiro atoms. The van der Waals surface area contributed by atoms with Crippen LogP contribution in [0.25, 0.3) is 21.9 Å². The number of hydrogen-bond acceptors (Lipinski definition) is 0. The molecule has 7 aromatic carbocycles. The summed E-state index contributed by atoms with van der Waals surface area (Å²) in [6.45, 7) is 6.93. The average Bonchev–Trinajstić information content (AvgIpc) is 3.10. The summed E-state index contributed by atoms with van der Waals surface area (Å²) in [5.41, 5.74) is 6.86. The highest BCUT2D eigenvalue weighted by atomic mass is 31.1. The fourth-order valence-electron chi connectivity index (χ4n) is 6.42. The molecular formula is C43H36P2. The topological polar surface area (TPSA) is 0 Å². The van der Waals surface area contributed by atoms with E-state index in [0.717, 1.165) is 0 Å². The summed E-state index contributed by atoms with van der Waals surface area (Å²) < 4.78 is 0. The van der Waals surface area contributed by atoms with Crippen LogP contribution in [0.4, 0.5) is 0 Å². The molecule has 0 atom stereocenters. The highest BCUT2D eigenvalue weighted by molar-refractivity contribution is 7.80. The third-order valence-electron chi connectivity index (χ3n) is 8.83. The quantitative estimate of drug-likeness (QED) is 0.157. The van der Waals surface area contributed by atoms with Gasteiger partial charge in [-0.05, 0) is 107 Å². The van der Waals surface area contributed by atoms with E-state index in [2.05, 4.69) is 185 Å². The minimum atomic E-state index is -0.826. The monoisotopic (exact) mass is 614 g/mol. The first kappa shape index (κ1) is 29.4. The van der Waals surface area contributed by atoms with E-state index in [0.29, 0.717) is 0 Å². The van der Waals surface area contributed by atoms with Crippen molar-refractivity contribution in [1.82, 2.24) is 0 Å². The molecule has 0 aliphatic rings. The van der Waals surface area contributed by atoms with E-state index >= 15 is 0 Å². The number of benzene rings is 7. The molecule has 7 aromatic rings. The van der Waals surface area contributed by atoms with Crippen LogP contribution in [0.2, 0.25) is 0 Å². The Hall–Kier alpha value is -4.34. The van der Waals surface area contributed by atoms with Crippen LogP contribution >= 0.6 is 15.8 Å². The van der Waals surface area contributed by atoms with Gasteiger partial charge in [0.2, 0.25) is 0 Å². The zero-order valence-corrected chi connectivity index (χ0v) is 27.8. The van der Waals surface area contributed by atoms with Crippen molar-refractivity contribution >= 4 is 58.4 Å². The van der Waals surface area contributed by atoms with Gasteiger partial charge in [-0.1, -0.05) is 164 Å². The van der Waals surface area contributed by atoms with Crippen molar-refractivity contribution < 1.29 is 0 Å². The fourth-order valence-corrected chi connectivity index (χ4v) is 11.5. The number of rotatable bonds is 7. The molecule has 0 unspecified atom stereocenters. The van der Waals surface area contributed by atoms with Gasteiger partial charge in [0, 0.05) is 0 Å². The smallest absolute Gasteiger partial charge is 0.00123 e. The van der Waals surface area contributed by atoms with Crippen LogP contribution in [-0.2, 0) is 0 Å². The Balaban J connectivity index is 1.62. The van der Waals surface area contributed by atoms with Gasteiger partial charge in [0.1, 0.15) is 0 Å². The van der Waals surface area contributed by atoms with Crippen molar-refractivity contribution in [3.05, 3.63) is 180 Å².